The van der Waals surface area contributed by atoms with Crippen LogP contribution < -0.4 is 15.0 Å². The third-order valence-corrected chi connectivity index (χ3v) is 11.3. The molecule has 2 aromatic carbocycles. The molecule has 1 unspecified atom stereocenters. The van der Waals surface area contributed by atoms with Gasteiger partial charge in [0.25, 0.3) is 6.47 Å². The molecule has 5 aliphatic rings. The summed E-state index contributed by atoms with van der Waals surface area (Å²) in [5.41, 5.74) is 1.39. The third kappa shape index (κ3) is 5.20. The molecule has 1 spiro atoms. The number of phenols is 1. The highest BCUT2D eigenvalue weighted by atomic mass is 19.1. The molecule has 3 N–H and O–H groups in total. The molecular formula is C36H40F2N6O4. The van der Waals surface area contributed by atoms with Crippen molar-refractivity contribution < 1.29 is 28.5 Å². The maximum atomic E-state index is 16.9. The molecular weight excluding hydrogens is 618 g/mol. The average Bonchev–Trinajstić information content (AvgIpc) is 3.43. The van der Waals surface area contributed by atoms with E-state index in [9.17, 15) is 9.50 Å². The normalized spacial score (nSPS) is 25.4. The van der Waals surface area contributed by atoms with E-state index in [-0.39, 0.29) is 40.8 Å². The smallest absolute Gasteiger partial charge is 0.319 e. The molecule has 252 valence electrons. The fourth-order valence-corrected chi connectivity index (χ4v) is 9.04. The topological polar surface area (TPSA) is 124 Å². The number of carbonyl (C=O) groups is 1. The molecule has 4 aromatic rings. The van der Waals surface area contributed by atoms with Crippen molar-refractivity contribution in [1.29, 1.82) is 0 Å². The van der Waals surface area contributed by atoms with Gasteiger partial charge in [-0.3, -0.25) is 14.7 Å². The standard InChI is InChI=1S/C35H38F2N6O2.CH2O2/c1-2-24-27(36)7-4-20-12-23(44)13-25(28(20)24)30-29(37)31-26(14-38-30)32(42-15-21-5-6-22(16-42)39-21)41-33(40-31)45-19-35-8-3-11-43(35)18-34(17-35)9-10-34;2-1-3/h4,7,12-14,21-22,39,44H,2-3,5-6,8-11,15-19H2,1H3;1H,(H,2,3)/t21-,22+,35?;. The van der Waals surface area contributed by atoms with Crippen molar-refractivity contribution in [3.05, 3.63) is 47.7 Å². The Bertz CT molecular complexity index is 1910. The SMILES string of the molecule is CCc1c(F)ccc2cc(O)cc(-c3ncc4c(N5C[C@H]6CC[C@@H](C5)N6)nc(OCC56CCCN5CC5(CC5)C6)nc4c3F)c12.O=CO. The molecule has 1 saturated carbocycles. The number of rotatable bonds is 6. The van der Waals surface area contributed by atoms with Crippen LogP contribution in [0.2, 0.25) is 0 Å². The van der Waals surface area contributed by atoms with Crippen LogP contribution in [0.25, 0.3) is 32.9 Å². The number of aryl methyl sites for hydroxylation is 1. The number of anilines is 1. The number of pyridine rings is 1. The minimum atomic E-state index is -0.629. The highest BCUT2D eigenvalue weighted by Crippen LogP contribution is 2.60. The average molecular weight is 659 g/mol. The fourth-order valence-electron chi connectivity index (χ4n) is 9.04. The molecule has 2 aromatic heterocycles. The van der Waals surface area contributed by atoms with Gasteiger partial charge in [-0.15, -0.1) is 0 Å². The number of nitrogens with zero attached hydrogens (tertiary/aromatic N) is 5. The van der Waals surface area contributed by atoms with Crippen LogP contribution >= 0.6 is 0 Å². The Balaban J connectivity index is 0.00000108. The first-order chi connectivity index (χ1) is 23.2. The number of benzene rings is 2. The number of nitrogens with one attached hydrogen (secondary N) is 1. The number of ether oxygens (including phenoxy) is 1. The van der Waals surface area contributed by atoms with Gasteiger partial charge in [-0.05, 0) is 97.9 Å². The van der Waals surface area contributed by atoms with E-state index in [1.54, 1.807) is 18.3 Å². The summed E-state index contributed by atoms with van der Waals surface area (Å²) >= 11 is 0. The summed E-state index contributed by atoms with van der Waals surface area (Å²) in [4.78, 5) is 27.5. The van der Waals surface area contributed by atoms with E-state index in [4.69, 9.17) is 24.6 Å². The van der Waals surface area contributed by atoms with Crippen LogP contribution in [0.1, 0.15) is 57.4 Å². The monoisotopic (exact) mass is 658 g/mol. The molecule has 48 heavy (non-hydrogen) atoms. The van der Waals surface area contributed by atoms with Gasteiger partial charge in [0, 0.05) is 43.5 Å². The second-order valence-corrected chi connectivity index (χ2v) is 14.3. The zero-order valence-electron chi connectivity index (χ0n) is 27.0. The zero-order valence-corrected chi connectivity index (χ0v) is 27.0. The van der Waals surface area contributed by atoms with E-state index in [2.05, 4.69) is 20.1 Å². The lowest BCUT2D eigenvalue weighted by molar-refractivity contribution is -0.122. The molecule has 4 saturated heterocycles. The molecule has 0 radical (unpaired) electrons. The van der Waals surface area contributed by atoms with Gasteiger partial charge in [-0.1, -0.05) is 13.0 Å². The van der Waals surface area contributed by atoms with Crippen molar-refractivity contribution in [2.45, 2.75) is 75.9 Å². The Kier molecular flexibility index (Phi) is 7.63. The molecule has 3 atom stereocenters. The van der Waals surface area contributed by atoms with Crippen LogP contribution in [0.4, 0.5) is 14.6 Å². The van der Waals surface area contributed by atoms with Crippen molar-refractivity contribution in [3.8, 4) is 23.0 Å². The predicted molar refractivity (Wildman–Crippen MR) is 177 cm³/mol. The first-order valence-corrected chi connectivity index (χ1v) is 17.0. The van der Waals surface area contributed by atoms with Gasteiger partial charge in [0.05, 0.1) is 10.9 Å². The summed E-state index contributed by atoms with van der Waals surface area (Å²) < 4.78 is 38.3. The van der Waals surface area contributed by atoms with Crippen LogP contribution in [-0.4, -0.2) is 86.9 Å². The maximum absolute atomic E-state index is 16.9. The van der Waals surface area contributed by atoms with Gasteiger partial charge in [0.1, 0.15) is 35.2 Å². The largest absolute Gasteiger partial charge is 0.508 e. The summed E-state index contributed by atoms with van der Waals surface area (Å²) in [6.07, 6.45) is 10.2. The zero-order chi connectivity index (χ0) is 33.2. The Hall–Kier alpha value is -4.16. The lowest BCUT2D eigenvalue weighted by Crippen LogP contribution is -2.51. The lowest BCUT2D eigenvalue weighted by atomic mass is 9.89. The van der Waals surface area contributed by atoms with Crippen molar-refractivity contribution >= 4 is 34.0 Å². The van der Waals surface area contributed by atoms with E-state index in [0.29, 0.717) is 63.6 Å². The van der Waals surface area contributed by atoms with Gasteiger partial charge in [0.15, 0.2) is 5.82 Å². The fraction of sp³-hybridized carbons (Fsp3) is 0.500. The molecule has 5 fully saturated rings. The maximum Gasteiger partial charge on any atom is 0.319 e. The van der Waals surface area contributed by atoms with Gasteiger partial charge in [-0.25, -0.2) is 8.78 Å². The third-order valence-electron chi connectivity index (χ3n) is 11.3. The van der Waals surface area contributed by atoms with Crippen molar-refractivity contribution in [2.75, 3.05) is 37.7 Å². The summed E-state index contributed by atoms with van der Waals surface area (Å²) in [5, 5.41) is 22.9. The van der Waals surface area contributed by atoms with Crippen LogP contribution in [-0.2, 0) is 11.2 Å². The van der Waals surface area contributed by atoms with Crippen LogP contribution in [0.3, 0.4) is 0 Å². The second-order valence-electron chi connectivity index (χ2n) is 14.3. The van der Waals surface area contributed by atoms with E-state index in [0.717, 1.165) is 58.3 Å². The van der Waals surface area contributed by atoms with Gasteiger partial charge in [-0.2, -0.15) is 9.97 Å². The van der Waals surface area contributed by atoms with Crippen molar-refractivity contribution in [2.24, 2.45) is 5.41 Å². The molecule has 9 rings (SSSR count). The number of hydrogen-bond donors (Lipinski definition) is 3. The quantitative estimate of drug-likeness (QED) is 0.231. The van der Waals surface area contributed by atoms with Gasteiger partial charge in [0.2, 0.25) is 0 Å². The Labute approximate surface area is 277 Å². The molecule has 12 heteroatoms. The molecule has 6 heterocycles. The van der Waals surface area contributed by atoms with E-state index < -0.39 is 5.82 Å². The number of fused-ring (bicyclic) bond motifs is 5. The van der Waals surface area contributed by atoms with Crippen LogP contribution in [0.5, 0.6) is 11.8 Å². The second kappa shape index (κ2) is 11.8. The summed E-state index contributed by atoms with van der Waals surface area (Å²) in [5.74, 6) is -0.400. The van der Waals surface area contributed by atoms with Gasteiger partial charge < -0.3 is 25.2 Å². The predicted octanol–water partition coefficient (Wildman–Crippen LogP) is 5.43. The Morgan fingerprint density at radius 1 is 1.12 bits per heavy atom. The van der Waals surface area contributed by atoms with Gasteiger partial charge >= 0.3 is 6.01 Å². The molecule has 2 bridgehead atoms. The van der Waals surface area contributed by atoms with E-state index in [1.165, 1.54) is 25.0 Å². The number of aromatic hydroxyl groups is 1. The molecule has 1 aliphatic carbocycles. The van der Waals surface area contributed by atoms with Crippen molar-refractivity contribution in [3.63, 3.8) is 0 Å². The van der Waals surface area contributed by atoms with Crippen LogP contribution in [0.15, 0.2) is 30.5 Å². The number of carboxylic acid groups (broad SMARTS) is 1. The van der Waals surface area contributed by atoms with Crippen molar-refractivity contribution in [1.82, 2.24) is 25.2 Å². The minimum absolute atomic E-state index is 0.00775. The number of phenolic OH excluding ortho intramolecular Hbond substituents is 1. The molecule has 10 nitrogen and oxygen atoms in total. The highest BCUT2D eigenvalue weighted by Gasteiger charge is 2.60. The first kappa shape index (κ1) is 31.1. The van der Waals surface area contributed by atoms with E-state index >= 15 is 4.39 Å². The molecule has 0 amide bonds. The Morgan fingerprint density at radius 3 is 2.62 bits per heavy atom. The number of piperazine rings is 1. The minimum Gasteiger partial charge on any atom is -0.508 e. The molecule has 4 aliphatic heterocycles. The first-order valence-electron chi connectivity index (χ1n) is 17.0. The Morgan fingerprint density at radius 2 is 1.90 bits per heavy atom. The summed E-state index contributed by atoms with van der Waals surface area (Å²) in [7, 11) is 0. The summed E-state index contributed by atoms with van der Waals surface area (Å²) in [6.45, 7) is 5.88. The number of aromatic nitrogens is 3. The van der Waals surface area contributed by atoms with Crippen LogP contribution in [0, 0.1) is 17.0 Å². The lowest BCUT2D eigenvalue weighted by Gasteiger charge is -2.34. The summed E-state index contributed by atoms with van der Waals surface area (Å²) in [6, 6.07) is 6.93. The highest BCUT2D eigenvalue weighted by molar-refractivity contribution is 6.01. The number of hydrogen-bond acceptors (Lipinski definition) is 9. The number of halogens is 2. The van der Waals surface area contributed by atoms with E-state index in [1.807, 2.05) is 6.92 Å².